The monoisotopic (exact) mass is 232 g/mol. The highest BCUT2D eigenvalue weighted by Crippen LogP contribution is 2.18. The Balaban J connectivity index is 2.52. The zero-order chi connectivity index (χ0) is 12.7. The van der Waals surface area contributed by atoms with Crippen LogP contribution < -0.4 is 5.73 Å². The highest BCUT2D eigenvalue weighted by molar-refractivity contribution is 5.80. The Bertz CT molecular complexity index is 352. The van der Waals surface area contributed by atoms with E-state index in [2.05, 4.69) is 50.0 Å². The van der Waals surface area contributed by atoms with Crippen LogP contribution in [0.2, 0.25) is 0 Å². The zero-order valence-electron chi connectivity index (χ0n) is 11.2. The molecule has 94 valence electrons. The summed E-state index contributed by atoms with van der Waals surface area (Å²) in [5.74, 6) is 0.783. The predicted molar refractivity (Wildman–Crippen MR) is 75.4 cm³/mol. The SMILES string of the molecule is CCCC(N)=NC(C)(C)CCc1ccccc1. The van der Waals surface area contributed by atoms with Crippen molar-refractivity contribution in [2.24, 2.45) is 10.7 Å². The van der Waals surface area contributed by atoms with E-state index in [-0.39, 0.29) is 5.54 Å². The van der Waals surface area contributed by atoms with Crippen molar-refractivity contribution in [3.05, 3.63) is 35.9 Å². The average Bonchev–Trinajstić information content (AvgIpc) is 2.27. The molecule has 0 radical (unpaired) electrons. The number of benzene rings is 1. The van der Waals surface area contributed by atoms with Gasteiger partial charge in [-0.3, -0.25) is 4.99 Å². The van der Waals surface area contributed by atoms with E-state index in [0.29, 0.717) is 0 Å². The Morgan fingerprint density at radius 2 is 1.88 bits per heavy atom. The van der Waals surface area contributed by atoms with Gasteiger partial charge in [0.15, 0.2) is 0 Å². The molecule has 0 saturated heterocycles. The molecule has 0 fully saturated rings. The van der Waals surface area contributed by atoms with Gasteiger partial charge in [0.25, 0.3) is 0 Å². The van der Waals surface area contributed by atoms with Crippen LogP contribution in [0.4, 0.5) is 0 Å². The van der Waals surface area contributed by atoms with E-state index in [0.717, 1.165) is 31.5 Å². The minimum atomic E-state index is -0.0604. The van der Waals surface area contributed by atoms with Crippen LogP contribution in [0.15, 0.2) is 35.3 Å². The molecule has 0 bridgehead atoms. The summed E-state index contributed by atoms with van der Waals surface area (Å²) in [6, 6.07) is 10.5. The van der Waals surface area contributed by atoms with Crippen LogP contribution in [0.3, 0.4) is 0 Å². The lowest BCUT2D eigenvalue weighted by Crippen LogP contribution is -2.24. The molecule has 1 aromatic rings. The highest BCUT2D eigenvalue weighted by atomic mass is 14.9. The van der Waals surface area contributed by atoms with Crippen LogP contribution in [0.1, 0.15) is 45.6 Å². The van der Waals surface area contributed by atoms with Crippen LogP contribution in [-0.2, 0) is 6.42 Å². The smallest absolute Gasteiger partial charge is 0.0943 e. The Labute approximate surface area is 105 Å². The minimum Gasteiger partial charge on any atom is -0.387 e. The van der Waals surface area contributed by atoms with E-state index in [9.17, 15) is 0 Å². The fraction of sp³-hybridized carbons (Fsp3) is 0.533. The molecule has 0 heterocycles. The number of rotatable bonds is 6. The number of amidine groups is 1. The molecule has 0 aliphatic carbocycles. The molecule has 0 spiro atoms. The Morgan fingerprint density at radius 3 is 2.47 bits per heavy atom. The van der Waals surface area contributed by atoms with E-state index >= 15 is 0 Å². The second-order valence-electron chi connectivity index (χ2n) is 5.15. The first-order valence-electron chi connectivity index (χ1n) is 6.41. The van der Waals surface area contributed by atoms with Gasteiger partial charge in [-0.15, -0.1) is 0 Å². The molecule has 0 amide bonds. The summed E-state index contributed by atoms with van der Waals surface area (Å²) in [5.41, 5.74) is 7.19. The number of nitrogens with zero attached hydrogens (tertiary/aromatic N) is 1. The topological polar surface area (TPSA) is 38.4 Å². The molecule has 0 aliphatic heterocycles. The van der Waals surface area contributed by atoms with Crippen LogP contribution in [0.25, 0.3) is 0 Å². The van der Waals surface area contributed by atoms with E-state index in [1.807, 2.05) is 6.07 Å². The van der Waals surface area contributed by atoms with Gasteiger partial charge in [0.05, 0.1) is 11.4 Å². The van der Waals surface area contributed by atoms with Crippen molar-refractivity contribution in [1.82, 2.24) is 0 Å². The van der Waals surface area contributed by atoms with Gasteiger partial charge in [-0.1, -0.05) is 37.3 Å². The summed E-state index contributed by atoms with van der Waals surface area (Å²) in [6.07, 6.45) is 4.04. The Hall–Kier alpha value is -1.31. The van der Waals surface area contributed by atoms with Crippen molar-refractivity contribution in [1.29, 1.82) is 0 Å². The molecule has 0 atom stereocenters. The molecule has 0 aliphatic rings. The van der Waals surface area contributed by atoms with E-state index in [1.165, 1.54) is 5.56 Å². The summed E-state index contributed by atoms with van der Waals surface area (Å²) in [5, 5.41) is 0. The molecule has 0 unspecified atom stereocenters. The van der Waals surface area contributed by atoms with Crippen LogP contribution in [0.5, 0.6) is 0 Å². The Kier molecular flexibility index (Phi) is 5.20. The largest absolute Gasteiger partial charge is 0.387 e. The first kappa shape index (κ1) is 13.8. The first-order chi connectivity index (χ1) is 8.03. The second-order valence-corrected chi connectivity index (χ2v) is 5.15. The number of nitrogens with two attached hydrogens (primary N) is 1. The van der Waals surface area contributed by atoms with Crippen molar-refractivity contribution in [2.75, 3.05) is 0 Å². The van der Waals surface area contributed by atoms with Crippen LogP contribution in [-0.4, -0.2) is 11.4 Å². The van der Waals surface area contributed by atoms with E-state index in [4.69, 9.17) is 5.73 Å². The zero-order valence-corrected chi connectivity index (χ0v) is 11.2. The maximum absolute atomic E-state index is 5.89. The van der Waals surface area contributed by atoms with Gasteiger partial charge in [-0.25, -0.2) is 0 Å². The van der Waals surface area contributed by atoms with E-state index < -0.39 is 0 Å². The fourth-order valence-electron chi connectivity index (χ4n) is 1.85. The molecule has 2 nitrogen and oxygen atoms in total. The molecular formula is C15H24N2. The normalized spacial score (nSPS) is 12.8. The summed E-state index contributed by atoms with van der Waals surface area (Å²) < 4.78 is 0. The van der Waals surface area contributed by atoms with Crippen LogP contribution in [0, 0.1) is 0 Å². The molecule has 17 heavy (non-hydrogen) atoms. The van der Waals surface area contributed by atoms with Crippen molar-refractivity contribution in [3.8, 4) is 0 Å². The summed E-state index contributed by atoms with van der Waals surface area (Å²) in [4.78, 5) is 4.61. The molecule has 1 rings (SSSR count). The van der Waals surface area contributed by atoms with Crippen molar-refractivity contribution in [3.63, 3.8) is 0 Å². The van der Waals surface area contributed by atoms with Crippen molar-refractivity contribution >= 4 is 5.84 Å². The molecule has 0 saturated carbocycles. The molecule has 2 N–H and O–H groups in total. The first-order valence-corrected chi connectivity index (χ1v) is 6.41. The summed E-state index contributed by atoms with van der Waals surface area (Å²) in [7, 11) is 0. The van der Waals surface area contributed by atoms with Crippen LogP contribution >= 0.6 is 0 Å². The second kappa shape index (κ2) is 6.43. The number of hydrogen-bond donors (Lipinski definition) is 1. The van der Waals surface area contributed by atoms with Crippen molar-refractivity contribution in [2.45, 2.75) is 52.0 Å². The van der Waals surface area contributed by atoms with Gasteiger partial charge in [0.1, 0.15) is 0 Å². The molecular weight excluding hydrogens is 208 g/mol. The molecule has 1 aromatic carbocycles. The maximum atomic E-state index is 5.89. The predicted octanol–water partition coefficient (Wildman–Crippen LogP) is 3.56. The van der Waals surface area contributed by atoms with Gasteiger partial charge >= 0.3 is 0 Å². The van der Waals surface area contributed by atoms with Gasteiger partial charge in [0, 0.05) is 6.42 Å². The maximum Gasteiger partial charge on any atom is 0.0943 e. The van der Waals surface area contributed by atoms with E-state index in [1.54, 1.807) is 0 Å². The Morgan fingerprint density at radius 1 is 1.24 bits per heavy atom. The summed E-state index contributed by atoms with van der Waals surface area (Å²) in [6.45, 7) is 6.43. The lowest BCUT2D eigenvalue weighted by molar-refractivity contribution is 0.478. The summed E-state index contributed by atoms with van der Waals surface area (Å²) >= 11 is 0. The number of aliphatic imine (C=N–C) groups is 1. The fourth-order valence-corrected chi connectivity index (χ4v) is 1.85. The lowest BCUT2D eigenvalue weighted by atomic mass is 9.96. The highest BCUT2D eigenvalue weighted by Gasteiger charge is 2.16. The number of hydrogen-bond acceptors (Lipinski definition) is 1. The molecule has 2 heteroatoms. The lowest BCUT2D eigenvalue weighted by Gasteiger charge is -2.20. The minimum absolute atomic E-state index is 0.0604. The van der Waals surface area contributed by atoms with Gasteiger partial charge in [-0.05, 0) is 38.7 Å². The third-order valence-corrected chi connectivity index (χ3v) is 2.82. The van der Waals surface area contributed by atoms with Gasteiger partial charge in [0.2, 0.25) is 0 Å². The molecule has 0 aromatic heterocycles. The average molecular weight is 232 g/mol. The van der Waals surface area contributed by atoms with Crippen molar-refractivity contribution < 1.29 is 0 Å². The third-order valence-electron chi connectivity index (χ3n) is 2.82. The van der Waals surface area contributed by atoms with Gasteiger partial charge < -0.3 is 5.73 Å². The third kappa shape index (κ3) is 5.53. The van der Waals surface area contributed by atoms with Gasteiger partial charge in [-0.2, -0.15) is 0 Å². The standard InChI is InChI=1S/C15H24N2/c1-4-8-14(16)17-15(2,3)12-11-13-9-6-5-7-10-13/h5-7,9-10H,4,8,11-12H2,1-3H3,(H2,16,17). The number of aryl methyl sites for hydroxylation is 1. The quantitative estimate of drug-likeness (QED) is 0.591.